The number of piperidine rings is 1. The van der Waals surface area contributed by atoms with Gasteiger partial charge >= 0.3 is 0 Å². The first-order chi connectivity index (χ1) is 27.1. The third-order valence-electron chi connectivity index (χ3n) is 11.2. The standard InChI is InChI=1S/C43H50ClN7O5/c1-48-20-22-49(23-21-48)24-25-56-34-10-12-38-36(28-34)42(54)51(30-47-38)29-43(55)14-18-50(19-15-43)41(53)33(26-31-6-3-2-4-7-31)8-5-16-46-40(52)32-9-11-35-37(44)13-17-45-39(35)27-32/h2-4,6-7,9-13,17,27-28,30,33,55H,5,8,14-16,18-26,29H2,1H3,(H,46,52). The minimum absolute atomic E-state index is 0.0319. The lowest BCUT2D eigenvalue weighted by molar-refractivity contribution is -0.140. The second-order valence-electron chi connectivity index (χ2n) is 15.2. The van der Waals surface area contributed by atoms with Crippen molar-refractivity contribution < 1.29 is 19.4 Å². The molecule has 2 fully saturated rings. The summed E-state index contributed by atoms with van der Waals surface area (Å²) >= 11 is 6.26. The van der Waals surface area contributed by atoms with Crippen LogP contribution in [0.15, 0.2) is 90.1 Å². The molecule has 13 heteroatoms. The Balaban J connectivity index is 0.936. The molecule has 0 aliphatic carbocycles. The van der Waals surface area contributed by atoms with Gasteiger partial charge in [0.05, 0.1) is 39.9 Å². The van der Waals surface area contributed by atoms with E-state index in [0.29, 0.717) is 91.1 Å². The molecule has 2 saturated heterocycles. The summed E-state index contributed by atoms with van der Waals surface area (Å²) < 4.78 is 7.51. The highest BCUT2D eigenvalue weighted by atomic mass is 35.5. The molecule has 1 unspecified atom stereocenters. The van der Waals surface area contributed by atoms with Crippen LogP contribution in [0.5, 0.6) is 5.75 Å². The fourth-order valence-corrected chi connectivity index (χ4v) is 7.92. The van der Waals surface area contributed by atoms with Gasteiger partial charge in [-0.2, -0.15) is 0 Å². The normalized spacial score (nSPS) is 16.9. The number of carbonyl (C=O) groups excluding carboxylic acids is 2. The highest BCUT2D eigenvalue weighted by Gasteiger charge is 2.36. The fraction of sp³-hybridized carbons (Fsp3) is 0.419. The van der Waals surface area contributed by atoms with Gasteiger partial charge < -0.3 is 25.0 Å². The average Bonchev–Trinajstić information content (AvgIpc) is 3.21. The topological polar surface area (TPSA) is 133 Å². The minimum Gasteiger partial charge on any atom is -0.492 e. The number of hydrogen-bond acceptors (Lipinski definition) is 9. The van der Waals surface area contributed by atoms with E-state index in [0.717, 1.165) is 43.7 Å². The van der Waals surface area contributed by atoms with E-state index in [2.05, 4.69) is 32.1 Å². The van der Waals surface area contributed by atoms with Crippen molar-refractivity contribution in [3.63, 3.8) is 0 Å². The molecule has 2 aliphatic heterocycles. The fourth-order valence-electron chi connectivity index (χ4n) is 7.70. The summed E-state index contributed by atoms with van der Waals surface area (Å²) in [5.41, 5.74) is 1.39. The van der Waals surface area contributed by atoms with Gasteiger partial charge in [0.2, 0.25) is 5.91 Å². The molecule has 12 nitrogen and oxygen atoms in total. The molecular weight excluding hydrogens is 730 g/mol. The number of nitrogens with zero attached hydrogens (tertiary/aromatic N) is 6. The molecule has 2 aliphatic rings. The summed E-state index contributed by atoms with van der Waals surface area (Å²) in [6, 6.07) is 22.3. The summed E-state index contributed by atoms with van der Waals surface area (Å²) in [6.07, 6.45) is 5.55. The second-order valence-corrected chi connectivity index (χ2v) is 15.6. The number of likely N-dealkylation sites (tertiary alicyclic amines) is 1. The lowest BCUT2D eigenvalue weighted by Gasteiger charge is -2.39. The number of likely N-dealkylation sites (N-methyl/N-ethyl adjacent to an activating group) is 1. The third kappa shape index (κ3) is 9.73. The van der Waals surface area contributed by atoms with Gasteiger partial charge in [-0.3, -0.25) is 28.8 Å². The summed E-state index contributed by atoms with van der Waals surface area (Å²) in [5.74, 6) is 0.151. The molecule has 1 atom stereocenters. The molecule has 294 valence electrons. The zero-order valence-electron chi connectivity index (χ0n) is 31.9. The van der Waals surface area contributed by atoms with Gasteiger partial charge in [0.25, 0.3) is 11.5 Å². The average molecular weight is 780 g/mol. The Bertz CT molecular complexity index is 2200. The number of hydrogen-bond donors (Lipinski definition) is 2. The third-order valence-corrected chi connectivity index (χ3v) is 11.5. The molecule has 5 aromatic rings. The Kier molecular flexibility index (Phi) is 12.6. The van der Waals surface area contributed by atoms with Crippen LogP contribution in [-0.4, -0.2) is 118 Å². The minimum atomic E-state index is -1.17. The maximum Gasteiger partial charge on any atom is 0.261 e. The number of benzene rings is 3. The second kappa shape index (κ2) is 17.9. The van der Waals surface area contributed by atoms with Crippen LogP contribution in [0, 0.1) is 5.92 Å². The van der Waals surface area contributed by atoms with Crippen LogP contribution in [0.1, 0.15) is 41.6 Å². The van der Waals surface area contributed by atoms with Crippen LogP contribution in [-0.2, 0) is 17.8 Å². The Labute approximate surface area is 332 Å². The van der Waals surface area contributed by atoms with Crippen molar-refractivity contribution in [1.29, 1.82) is 0 Å². The summed E-state index contributed by atoms with van der Waals surface area (Å²) in [5, 5.41) is 16.5. The van der Waals surface area contributed by atoms with E-state index in [1.807, 2.05) is 41.3 Å². The first-order valence-corrected chi connectivity index (χ1v) is 19.9. The molecule has 2 amide bonds. The number of ether oxygens (including phenoxy) is 1. The first-order valence-electron chi connectivity index (χ1n) is 19.5. The molecule has 0 radical (unpaired) electrons. The van der Waals surface area contributed by atoms with Crippen LogP contribution >= 0.6 is 11.6 Å². The summed E-state index contributed by atoms with van der Waals surface area (Å²) in [4.78, 5) is 56.0. The van der Waals surface area contributed by atoms with Crippen molar-refractivity contribution in [1.82, 2.24) is 34.6 Å². The SMILES string of the molecule is CN1CCN(CCOc2ccc3ncn(CC4(O)CCN(C(=O)C(CCCNC(=O)c5ccc6c(Cl)ccnc6c5)Cc5ccccc5)CC4)c(=O)c3c2)CC1. The molecule has 0 spiro atoms. The van der Waals surface area contributed by atoms with E-state index in [1.165, 1.54) is 10.9 Å². The van der Waals surface area contributed by atoms with Gasteiger partial charge in [-0.15, -0.1) is 0 Å². The molecule has 56 heavy (non-hydrogen) atoms. The number of halogens is 1. The largest absolute Gasteiger partial charge is 0.492 e. The quantitative estimate of drug-likeness (QED) is 0.155. The van der Waals surface area contributed by atoms with Crippen LogP contribution in [0.3, 0.4) is 0 Å². The molecule has 3 aromatic carbocycles. The van der Waals surface area contributed by atoms with E-state index >= 15 is 0 Å². The number of carbonyl (C=O) groups is 2. The van der Waals surface area contributed by atoms with Crippen LogP contribution in [0.25, 0.3) is 21.8 Å². The van der Waals surface area contributed by atoms with E-state index in [9.17, 15) is 19.5 Å². The lowest BCUT2D eigenvalue weighted by atomic mass is 9.88. The summed E-state index contributed by atoms with van der Waals surface area (Å²) in [6.45, 7) is 6.71. The number of aromatic nitrogens is 3. The Morgan fingerprint density at radius 1 is 0.929 bits per heavy atom. The highest BCUT2D eigenvalue weighted by molar-refractivity contribution is 6.35. The van der Waals surface area contributed by atoms with Crippen LogP contribution < -0.4 is 15.6 Å². The van der Waals surface area contributed by atoms with Gasteiger partial charge in [-0.1, -0.05) is 48.0 Å². The molecule has 0 bridgehead atoms. The van der Waals surface area contributed by atoms with Crippen molar-refractivity contribution >= 4 is 45.2 Å². The lowest BCUT2D eigenvalue weighted by Crippen LogP contribution is -2.51. The maximum absolute atomic E-state index is 14.0. The number of fused-ring (bicyclic) bond motifs is 2. The molecule has 2 N–H and O–H groups in total. The number of nitrogens with one attached hydrogen (secondary N) is 1. The zero-order chi connectivity index (χ0) is 39.1. The predicted molar refractivity (Wildman–Crippen MR) is 218 cm³/mol. The Hall–Kier alpha value is -4.88. The van der Waals surface area contributed by atoms with Gasteiger partial charge in [0.15, 0.2) is 0 Å². The zero-order valence-corrected chi connectivity index (χ0v) is 32.7. The van der Waals surface area contributed by atoms with E-state index in [1.54, 1.807) is 42.6 Å². The number of piperazine rings is 1. The van der Waals surface area contributed by atoms with Crippen molar-refractivity contribution in [3.05, 3.63) is 112 Å². The molecular formula is C43H50ClN7O5. The smallest absolute Gasteiger partial charge is 0.261 e. The molecule has 7 rings (SSSR count). The van der Waals surface area contributed by atoms with E-state index < -0.39 is 5.60 Å². The van der Waals surface area contributed by atoms with Crippen molar-refractivity contribution in [3.8, 4) is 5.75 Å². The van der Waals surface area contributed by atoms with E-state index in [-0.39, 0.29) is 29.8 Å². The maximum atomic E-state index is 14.0. The number of pyridine rings is 1. The van der Waals surface area contributed by atoms with Crippen LogP contribution in [0.2, 0.25) is 5.02 Å². The molecule has 4 heterocycles. The monoisotopic (exact) mass is 779 g/mol. The summed E-state index contributed by atoms with van der Waals surface area (Å²) in [7, 11) is 2.13. The first kappa shape index (κ1) is 39.4. The predicted octanol–water partition coefficient (Wildman–Crippen LogP) is 4.65. The van der Waals surface area contributed by atoms with Crippen molar-refractivity contribution in [2.24, 2.45) is 5.92 Å². The van der Waals surface area contributed by atoms with Gasteiger partial charge in [0, 0.05) is 75.4 Å². The number of aliphatic hydroxyl groups is 1. The molecule has 0 saturated carbocycles. The Morgan fingerprint density at radius 2 is 1.71 bits per heavy atom. The van der Waals surface area contributed by atoms with Crippen molar-refractivity contribution in [2.75, 3.05) is 66.0 Å². The molecule has 2 aromatic heterocycles. The number of amides is 2. The highest BCUT2D eigenvalue weighted by Crippen LogP contribution is 2.28. The van der Waals surface area contributed by atoms with Crippen LogP contribution in [0.4, 0.5) is 0 Å². The van der Waals surface area contributed by atoms with Gasteiger partial charge in [-0.05, 0) is 81.1 Å². The van der Waals surface area contributed by atoms with Crippen molar-refractivity contribution in [2.45, 2.75) is 44.2 Å². The van der Waals surface area contributed by atoms with Gasteiger partial charge in [0.1, 0.15) is 12.4 Å². The Morgan fingerprint density at radius 3 is 2.50 bits per heavy atom. The van der Waals surface area contributed by atoms with E-state index in [4.69, 9.17) is 16.3 Å². The van der Waals surface area contributed by atoms with Gasteiger partial charge in [-0.25, -0.2) is 4.98 Å². The number of rotatable bonds is 14.